The van der Waals surface area contributed by atoms with Crippen LogP contribution in [0.3, 0.4) is 0 Å². The molecule has 1 N–H and O–H groups in total. The molecule has 0 bridgehead atoms. The van der Waals surface area contributed by atoms with Gasteiger partial charge in [0.2, 0.25) is 5.89 Å². The van der Waals surface area contributed by atoms with Gasteiger partial charge in [-0.1, -0.05) is 0 Å². The summed E-state index contributed by atoms with van der Waals surface area (Å²) in [6.07, 6.45) is -0.455. The van der Waals surface area contributed by atoms with Gasteiger partial charge in [-0.25, -0.2) is 0 Å². The Morgan fingerprint density at radius 1 is 1.64 bits per heavy atom. The normalized spacial score (nSPS) is 12.1. The molecule has 0 fully saturated rings. The second-order valence-electron chi connectivity index (χ2n) is 3.10. The summed E-state index contributed by atoms with van der Waals surface area (Å²) in [5.74, 6) is 0.806. The van der Waals surface area contributed by atoms with Crippen molar-refractivity contribution in [3.63, 3.8) is 0 Å². The first-order chi connectivity index (χ1) is 6.63. The summed E-state index contributed by atoms with van der Waals surface area (Å²) in [5, 5.41) is 21.3. The van der Waals surface area contributed by atoms with Crippen LogP contribution in [-0.4, -0.2) is 35.4 Å². The van der Waals surface area contributed by atoms with E-state index in [1.807, 2.05) is 6.07 Å². The van der Waals surface area contributed by atoms with E-state index in [0.29, 0.717) is 11.8 Å². The minimum atomic E-state index is -0.740. The predicted octanol–water partition coefficient (Wildman–Crippen LogP) is -0.0473. The van der Waals surface area contributed by atoms with Crippen LogP contribution in [0.15, 0.2) is 4.52 Å². The molecule has 0 saturated carbocycles. The number of aromatic nitrogens is 2. The molecule has 14 heavy (non-hydrogen) atoms. The van der Waals surface area contributed by atoms with E-state index in [1.165, 1.54) is 0 Å². The first-order valence-electron chi connectivity index (χ1n) is 4.18. The second-order valence-corrected chi connectivity index (χ2v) is 3.10. The van der Waals surface area contributed by atoms with Crippen LogP contribution in [0.2, 0.25) is 0 Å². The average Bonchev–Trinajstić information content (AvgIpc) is 2.53. The number of hydrogen-bond acceptors (Lipinski definition) is 6. The van der Waals surface area contributed by atoms with Crippen molar-refractivity contribution in [3.05, 3.63) is 5.89 Å². The molecule has 1 rings (SSSR count). The Kier molecular flexibility index (Phi) is 3.42. The maximum atomic E-state index is 9.29. The molecule has 0 radical (unpaired) electrons. The van der Waals surface area contributed by atoms with Gasteiger partial charge in [-0.15, -0.1) is 0 Å². The minimum absolute atomic E-state index is 0.0691. The van der Waals surface area contributed by atoms with Gasteiger partial charge in [-0.05, 0) is 5.16 Å². The Bertz CT molecular complexity index is 328. The molecule has 1 aromatic heterocycles. The molecule has 1 unspecified atom stereocenters. The van der Waals surface area contributed by atoms with Gasteiger partial charge in [-0.2, -0.15) is 10.2 Å². The molecule has 6 heteroatoms. The highest BCUT2D eigenvalue weighted by Crippen LogP contribution is 2.08. The van der Waals surface area contributed by atoms with Gasteiger partial charge in [0.25, 0.3) is 5.95 Å². The smallest absolute Gasteiger partial charge is 0.265 e. The van der Waals surface area contributed by atoms with E-state index in [0.717, 1.165) is 0 Å². The molecule has 76 valence electrons. The summed E-state index contributed by atoms with van der Waals surface area (Å²) in [5.41, 5.74) is 0. The van der Waals surface area contributed by atoms with Gasteiger partial charge in [-0.3, -0.25) is 0 Å². The fraction of sp³-hybridized carbons (Fsp3) is 0.625. The monoisotopic (exact) mass is 196 g/mol. The standard InChI is InChI=1S/C8H12N4O2/c1-12(2)8-10-7(14-11-8)5-6(13)3-4-9/h6,13H,3,5H2,1-2H3. The van der Waals surface area contributed by atoms with Gasteiger partial charge < -0.3 is 14.5 Å². The summed E-state index contributed by atoms with van der Waals surface area (Å²) in [6.45, 7) is 0. The van der Waals surface area contributed by atoms with Crippen molar-refractivity contribution in [1.29, 1.82) is 5.26 Å². The SMILES string of the molecule is CN(C)c1noc(CC(O)CC#N)n1. The molecule has 0 saturated heterocycles. The van der Waals surface area contributed by atoms with Crippen LogP contribution in [0.5, 0.6) is 0 Å². The van der Waals surface area contributed by atoms with Crippen LogP contribution in [0.25, 0.3) is 0 Å². The van der Waals surface area contributed by atoms with Crippen molar-refractivity contribution in [1.82, 2.24) is 10.1 Å². The maximum absolute atomic E-state index is 9.29. The lowest BCUT2D eigenvalue weighted by atomic mass is 10.2. The van der Waals surface area contributed by atoms with E-state index in [4.69, 9.17) is 9.78 Å². The summed E-state index contributed by atoms with van der Waals surface area (Å²) in [6, 6.07) is 1.87. The van der Waals surface area contributed by atoms with Crippen molar-refractivity contribution in [2.75, 3.05) is 19.0 Å². The molecule has 0 spiro atoms. The van der Waals surface area contributed by atoms with Crippen LogP contribution in [0, 0.1) is 11.3 Å². The highest BCUT2D eigenvalue weighted by atomic mass is 16.5. The lowest BCUT2D eigenvalue weighted by molar-refractivity contribution is 0.167. The molecule has 0 amide bonds. The van der Waals surface area contributed by atoms with E-state index in [-0.39, 0.29) is 12.8 Å². The summed E-state index contributed by atoms with van der Waals surface area (Å²) < 4.78 is 4.87. The fourth-order valence-corrected chi connectivity index (χ4v) is 0.890. The van der Waals surface area contributed by atoms with Crippen molar-refractivity contribution in [2.24, 2.45) is 0 Å². The Morgan fingerprint density at radius 2 is 2.36 bits per heavy atom. The molecule has 1 atom stereocenters. The first kappa shape index (κ1) is 10.5. The Labute approximate surface area is 81.8 Å². The van der Waals surface area contributed by atoms with E-state index in [1.54, 1.807) is 19.0 Å². The zero-order chi connectivity index (χ0) is 10.6. The van der Waals surface area contributed by atoms with E-state index in [2.05, 4.69) is 10.1 Å². The fourth-order valence-electron chi connectivity index (χ4n) is 0.890. The molecular weight excluding hydrogens is 184 g/mol. The predicted molar refractivity (Wildman–Crippen MR) is 48.6 cm³/mol. The van der Waals surface area contributed by atoms with Crippen LogP contribution in [-0.2, 0) is 6.42 Å². The summed E-state index contributed by atoms with van der Waals surface area (Å²) in [7, 11) is 3.58. The van der Waals surface area contributed by atoms with Gasteiger partial charge in [0.1, 0.15) is 0 Å². The van der Waals surface area contributed by atoms with Crippen LogP contribution < -0.4 is 4.90 Å². The van der Waals surface area contributed by atoms with Gasteiger partial charge in [0.05, 0.1) is 25.0 Å². The molecule has 0 aliphatic carbocycles. The molecule has 0 aliphatic rings. The number of aliphatic hydroxyl groups is 1. The third kappa shape index (κ3) is 2.71. The summed E-state index contributed by atoms with van der Waals surface area (Å²) >= 11 is 0. The minimum Gasteiger partial charge on any atom is -0.392 e. The zero-order valence-electron chi connectivity index (χ0n) is 8.14. The highest BCUT2D eigenvalue weighted by molar-refractivity contribution is 5.23. The Morgan fingerprint density at radius 3 is 2.86 bits per heavy atom. The first-order valence-corrected chi connectivity index (χ1v) is 4.18. The third-order valence-corrected chi connectivity index (χ3v) is 1.59. The molecule has 1 aromatic rings. The molecule has 0 aliphatic heterocycles. The number of nitriles is 1. The zero-order valence-corrected chi connectivity index (χ0v) is 8.14. The molecule has 1 heterocycles. The van der Waals surface area contributed by atoms with Crippen LogP contribution in [0.4, 0.5) is 5.95 Å². The topological polar surface area (TPSA) is 86.2 Å². The number of nitrogens with zero attached hydrogens (tertiary/aromatic N) is 4. The number of aliphatic hydroxyl groups excluding tert-OH is 1. The largest absolute Gasteiger partial charge is 0.392 e. The van der Waals surface area contributed by atoms with Crippen molar-refractivity contribution < 1.29 is 9.63 Å². The van der Waals surface area contributed by atoms with E-state index >= 15 is 0 Å². The van der Waals surface area contributed by atoms with Crippen LogP contribution in [0.1, 0.15) is 12.3 Å². The lowest BCUT2D eigenvalue weighted by Gasteiger charge is -2.03. The van der Waals surface area contributed by atoms with Gasteiger partial charge >= 0.3 is 0 Å². The third-order valence-electron chi connectivity index (χ3n) is 1.59. The van der Waals surface area contributed by atoms with Crippen molar-refractivity contribution in [3.8, 4) is 6.07 Å². The highest BCUT2D eigenvalue weighted by Gasteiger charge is 2.12. The Balaban J connectivity index is 2.56. The Hall–Kier alpha value is -1.61. The van der Waals surface area contributed by atoms with Gasteiger partial charge in [0.15, 0.2) is 0 Å². The number of hydrogen-bond donors (Lipinski definition) is 1. The second kappa shape index (κ2) is 4.58. The average molecular weight is 196 g/mol. The van der Waals surface area contributed by atoms with Crippen molar-refractivity contribution >= 4 is 5.95 Å². The molecular formula is C8H12N4O2. The summed E-state index contributed by atoms with van der Waals surface area (Å²) in [4.78, 5) is 5.71. The quantitative estimate of drug-likeness (QED) is 0.726. The van der Waals surface area contributed by atoms with E-state index in [9.17, 15) is 5.11 Å². The molecule has 6 nitrogen and oxygen atoms in total. The van der Waals surface area contributed by atoms with Crippen LogP contribution >= 0.6 is 0 Å². The number of rotatable bonds is 4. The lowest BCUT2D eigenvalue weighted by Crippen LogP contribution is -2.11. The van der Waals surface area contributed by atoms with Gasteiger partial charge in [0, 0.05) is 14.1 Å². The molecule has 0 aromatic carbocycles. The van der Waals surface area contributed by atoms with Crippen molar-refractivity contribution in [2.45, 2.75) is 18.9 Å². The number of anilines is 1. The maximum Gasteiger partial charge on any atom is 0.265 e. The van der Waals surface area contributed by atoms with E-state index < -0.39 is 6.10 Å².